The van der Waals surface area contributed by atoms with E-state index < -0.39 is 20.1 Å². The van der Waals surface area contributed by atoms with Crippen molar-refractivity contribution in [2.75, 3.05) is 13.2 Å². The Balaban J connectivity index is 1.83. The molecule has 2 aromatic rings. The van der Waals surface area contributed by atoms with Crippen LogP contribution in [-0.2, 0) is 24.3 Å². The zero-order chi connectivity index (χ0) is 18.5. The van der Waals surface area contributed by atoms with Crippen LogP contribution >= 0.6 is 0 Å². The van der Waals surface area contributed by atoms with Gasteiger partial charge in [-0.25, -0.2) is 13.1 Å². The minimum atomic E-state index is -3.83. The molecule has 25 heavy (non-hydrogen) atoms. The summed E-state index contributed by atoms with van der Waals surface area (Å²) in [6.45, 7) is 3.71. The molecule has 6 nitrogen and oxygen atoms in total. The minimum absolute atomic E-state index is 0.0818. The van der Waals surface area contributed by atoms with Crippen LogP contribution in [0.1, 0.15) is 17.5 Å². The smallest absolute Gasteiger partial charge is 0.266 e. The Kier molecular flexibility index (Phi) is 6.34. The van der Waals surface area contributed by atoms with Gasteiger partial charge in [0.05, 0.1) is 16.4 Å². The summed E-state index contributed by atoms with van der Waals surface area (Å²) in [5.41, 5.74) is 1.91. The molecule has 136 valence electrons. The fourth-order valence-corrected chi connectivity index (χ4v) is 4.04. The van der Waals surface area contributed by atoms with Crippen LogP contribution < -0.4 is 4.72 Å². The lowest BCUT2D eigenvalue weighted by Crippen LogP contribution is -2.25. The second-order valence-corrected chi connectivity index (χ2v) is 9.04. The highest BCUT2D eigenvalue weighted by Gasteiger charge is 2.16. The highest BCUT2D eigenvalue weighted by Crippen LogP contribution is 2.13. The molecule has 0 amide bonds. The van der Waals surface area contributed by atoms with Crippen molar-refractivity contribution in [3.05, 3.63) is 59.7 Å². The average molecular weight is 383 g/mol. The molecule has 0 spiro atoms. The Hall–Kier alpha value is -1.74. The Morgan fingerprint density at radius 2 is 1.28 bits per heavy atom. The highest BCUT2D eigenvalue weighted by atomic mass is 32.2. The van der Waals surface area contributed by atoms with Gasteiger partial charge < -0.3 is 0 Å². The molecule has 1 N–H and O–H groups in total. The molecule has 0 radical (unpaired) electrons. The highest BCUT2D eigenvalue weighted by molar-refractivity contribution is 7.89. The summed E-state index contributed by atoms with van der Waals surface area (Å²) >= 11 is 0. The molecule has 0 aliphatic carbocycles. The van der Waals surface area contributed by atoms with Gasteiger partial charge in [0, 0.05) is 6.54 Å². The lowest BCUT2D eigenvalue weighted by atomic mass is 10.2. The van der Waals surface area contributed by atoms with E-state index in [9.17, 15) is 16.8 Å². The summed E-state index contributed by atoms with van der Waals surface area (Å²) in [5.74, 6) is 0. The van der Waals surface area contributed by atoms with Crippen LogP contribution in [0, 0.1) is 13.8 Å². The van der Waals surface area contributed by atoms with Crippen LogP contribution in [-0.4, -0.2) is 30.0 Å². The monoisotopic (exact) mass is 383 g/mol. The largest absolute Gasteiger partial charge is 0.296 e. The number of aryl methyl sites for hydroxylation is 2. The van der Waals surface area contributed by atoms with Crippen molar-refractivity contribution in [2.45, 2.75) is 30.1 Å². The van der Waals surface area contributed by atoms with Gasteiger partial charge >= 0.3 is 0 Å². The predicted octanol–water partition coefficient (Wildman–Crippen LogP) is 2.38. The Labute approximate surface area is 149 Å². The number of rotatable bonds is 8. The van der Waals surface area contributed by atoms with Crippen molar-refractivity contribution < 1.29 is 21.0 Å². The van der Waals surface area contributed by atoms with Crippen molar-refractivity contribution in [3.8, 4) is 0 Å². The van der Waals surface area contributed by atoms with Gasteiger partial charge in [-0.1, -0.05) is 35.4 Å². The number of sulfonamides is 1. The van der Waals surface area contributed by atoms with Gasteiger partial charge in [0.1, 0.15) is 0 Å². The van der Waals surface area contributed by atoms with E-state index in [0.717, 1.165) is 11.1 Å². The van der Waals surface area contributed by atoms with E-state index in [-0.39, 0.29) is 29.4 Å². The first-order valence-corrected chi connectivity index (χ1v) is 10.6. The average Bonchev–Trinajstić information content (AvgIpc) is 2.55. The zero-order valence-corrected chi connectivity index (χ0v) is 15.7. The normalized spacial score (nSPS) is 12.2. The van der Waals surface area contributed by atoms with E-state index in [1.807, 2.05) is 13.8 Å². The molecule has 0 heterocycles. The SMILES string of the molecule is Cc1ccc(S(=O)(=O)NCCCOS(=O)(=O)c2ccc(C)cc2)cc1. The zero-order valence-electron chi connectivity index (χ0n) is 14.1. The molecule has 0 aromatic heterocycles. The predicted molar refractivity (Wildman–Crippen MR) is 95.3 cm³/mol. The van der Waals surface area contributed by atoms with E-state index in [2.05, 4.69) is 4.72 Å². The van der Waals surface area contributed by atoms with Crippen LogP contribution in [0.5, 0.6) is 0 Å². The fraction of sp³-hybridized carbons (Fsp3) is 0.294. The Morgan fingerprint density at radius 1 is 0.800 bits per heavy atom. The number of benzene rings is 2. The van der Waals surface area contributed by atoms with Gasteiger partial charge in [-0.2, -0.15) is 8.42 Å². The van der Waals surface area contributed by atoms with Gasteiger partial charge in [-0.15, -0.1) is 0 Å². The van der Waals surface area contributed by atoms with Gasteiger partial charge in [0.15, 0.2) is 0 Å². The molecular formula is C17H21NO5S2. The quantitative estimate of drug-likeness (QED) is 0.558. The first-order valence-electron chi connectivity index (χ1n) is 7.73. The molecule has 8 heteroatoms. The van der Waals surface area contributed by atoms with E-state index in [0.29, 0.717) is 0 Å². The topological polar surface area (TPSA) is 89.5 Å². The van der Waals surface area contributed by atoms with Crippen LogP contribution in [0.2, 0.25) is 0 Å². The van der Waals surface area contributed by atoms with Crippen molar-refractivity contribution in [3.63, 3.8) is 0 Å². The summed E-state index contributed by atoms with van der Waals surface area (Å²) in [7, 11) is -7.43. The van der Waals surface area contributed by atoms with Crippen LogP contribution in [0.25, 0.3) is 0 Å². The van der Waals surface area contributed by atoms with Crippen LogP contribution in [0.4, 0.5) is 0 Å². The number of hydrogen-bond donors (Lipinski definition) is 1. The standard InChI is InChI=1S/C17H21NO5S2/c1-14-4-8-16(9-5-14)24(19,20)18-12-3-13-23-25(21,22)17-10-6-15(2)7-11-17/h4-11,18H,3,12-13H2,1-2H3. The summed E-state index contributed by atoms with van der Waals surface area (Å²) in [6.07, 6.45) is 0.232. The van der Waals surface area contributed by atoms with Crippen LogP contribution in [0.15, 0.2) is 58.3 Å². The minimum Gasteiger partial charge on any atom is -0.266 e. The van der Waals surface area contributed by atoms with E-state index in [1.165, 1.54) is 24.3 Å². The number of hydrogen-bond acceptors (Lipinski definition) is 5. The molecule has 2 rings (SSSR count). The van der Waals surface area contributed by atoms with Gasteiger partial charge in [0.25, 0.3) is 10.1 Å². The third-order valence-electron chi connectivity index (χ3n) is 3.49. The van der Waals surface area contributed by atoms with E-state index >= 15 is 0 Å². The lowest BCUT2D eigenvalue weighted by molar-refractivity contribution is 0.313. The van der Waals surface area contributed by atoms with Crippen molar-refractivity contribution in [1.82, 2.24) is 4.72 Å². The molecule has 2 aromatic carbocycles. The van der Waals surface area contributed by atoms with Crippen LogP contribution in [0.3, 0.4) is 0 Å². The molecule has 0 aliphatic heterocycles. The van der Waals surface area contributed by atoms with Crippen molar-refractivity contribution in [2.24, 2.45) is 0 Å². The third-order valence-corrected chi connectivity index (χ3v) is 6.30. The summed E-state index contributed by atoms with van der Waals surface area (Å²) in [6, 6.07) is 12.8. The van der Waals surface area contributed by atoms with Crippen molar-refractivity contribution in [1.29, 1.82) is 0 Å². The second-order valence-electron chi connectivity index (χ2n) is 5.65. The molecule has 0 bridgehead atoms. The third kappa shape index (κ3) is 5.64. The maximum absolute atomic E-state index is 12.1. The molecule has 0 aliphatic rings. The van der Waals surface area contributed by atoms with E-state index in [4.69, 9.17) is 4.18 Å². The van der Waals surface area contributed by atoms with Gasteiger partial charge in [-0.05, 0) is 44.5 Å². The molecule has 0 saturated heterocycles. The molecule has 0 saturated carbocycles. The second kappa shape index (κ2) is 8.09. The van der Waals surface area contributed by atoms with Gasteiger partial charge in [-0.3, -0.25) is 4.18 Å². The maximum Gasteiger partial charge on any atom is 0.296 e. The van der Waals surface area contributed by atoms with Crippen molar-refractivity contribution >= 4 is 20.1 Å². The lowest BCUT2D eigenvalue weighted by Gasteiger charge is -2.08. The number of nitrogens with one attached hydrogen (secondary N) is 1. The first-order chi connectivity index (χ1) is 11.7. The summed E-state index contributed by atoms with van der Waals surface area (Å²) in [4.78, 5) is 0.254. The summed E-state index contributed by atoms with van der Waals surface area (Å²) in [5, 5.41) is 0. The molecular weight excluding hydrogens is 362 g/mol. The molecule has 0 fully saturated rings. The first kappa shape index (κ1) is 19.6. The van der Waals surface area contributed by atoms with E-state index in [1.54, 1.807) is 24.3 Å². The maximum atomic E-state index is 12.1. The fourth-order valence-electron chi connectivity index (χ4n) is 2.02. The Morgan fingerprint density at radius 3 is 1.80 bits per heavy atom. The Bertz CT molecular complexity index is 825. The summed E-state index contributed by atoms with van der Waals surface area (Å²) < 4.78 is 55.5. The van der Waals surface area contributed by atoms with Gasteiger partial charge in [0.2, 0.25) is 10.0 Å². The molecule has 0 atom stereocenters. The molecule has 0 unspecified atom stereocenters.